The smallest absolute Gasteiger partial charge is 0.182 e. The molecule has 0 bridgehead atoms. The third-order valence-corrected chi connectivity index (χ3v) is 4.00. The fourth-order valence-corrected chi connectivity index (χ4v) is 2.91. The minimum absolute atomic E-state index is 0.622. The number of halogens is 1. The van der Waals surface area contributed by atoms with E-state index in [0.29, 0.717) is 10.3 Å². The summed E-state index contributed by atoms with van der Waals surface area (Å²) in [4.78, 5) is 3.20. The fourth-order valence-electron chi connectivity index (χ4n) is 2.24. The molecule has 0 aliphatic heterocycles. The number of aromatic amines is 1. The van der Waals surface area contributed by atoms with Crippen LogP contribution in [0.3, 0.4) is 0 Å². The van der Waals surface area contributed by atoms with E-state index in [1.165, 1.54) is 0 Å². The van der Waals surface area contributed by atoms with E-state index in [1.54, 1.807) is 0 Å². The molecule has 3 rings (SSSR count). The molecule has 0 fully saturated rings. The van der Waals surface area contributed by atoms with Gasteiger partial charge in [0, 0.05) is 4.47 Å². The van der Waals surface area contributed by atoms with E-state index in [-0.39, 0.29) is 0 Å². The molecule has 20 heavy (non-hydrogen) atoms. The van der Waals surface area contributed by atoms with Gasteiger partial charge in [-0.3, -0.25) is 4.57 Å². The molecule has 0 aliphatic carbocycles. The van der Waals surface area contributed by atoms with E-state index in [9.17, 15) is 0 Å². The van der Waals surface area contributed by atoms with Gasteiger partial charge in [-0.25, -0.2) is 0 Å². The Hall–Kier alpha value is -1.90. The van der Waals surface area contributed by atoms with Crippen molar-refractivity contribution in [1.82, 2.24) is 9.55 Å². The molecule has 0 amide bonds. The lowest BCUT2D eigenvalue weighted by Gasteiger charge is -2.08. The zero-order valence-corrected chi connectivity index (χ0v) is 13.0. The number of nitrogens with one attached hydrogen (secondary N) is 1. The maximum Gasteiger partial charge on any atom is 0.182 e. The second kappa shape index (κ2) is 4.89. The van der Waals surface area contributed by atoms with E-state index < -0.39 is 0 Å². The number of H-pyrrole nitrogens is 1. The van der Waals surface area contributed by atoms with Crippen LogP contribution in [0.15, 0.2) is 40.9 Å². The molecule has 3 nitrogen and oxygen atoms in total. The average Bonchev–Trinajstić information content (AvgIpc) is 2.74. The lowest BCUT2D eigenvalue weighted by atomic mass is 10.1. The molecule has 1 heterocycles. The molecular weight excluding hydrogens is 334 g/mol. The van der Waals surface area contributed by atoms with Crippen molar-refractivity contribution >= 4 is 39.2 Å². The van der Waals surface area contributed by atoms with Crippen LogP contribution in [-0.2, 0) is 0 Å². The largest absolute Gasteiger partial charge is 0.330 e. The maximum absolute atomic E-state index is 9.07. The second-order valence-electron chi connectivity index (χ2n) is 4.54. The lowest BCUT2D eigenvalue weighted by Crippen LogP contribution is -1.97. The van der Waals surface area contributed by atoms with E-state index in [0.717, 1.165) is 26.8 Å². The molecule has 2 aromatic carbocycles. The summed E-state index contributed by atoms with van der Waals surface area (Å²) in [6.45, 7) is 2.01. The summed E-state index contributed by atoms with van der Waals surface area (Å²) in [7, 11) is 0. The first-order chi connectivity index (χ1) is 9.60. The number of aryl methyl sites for hydroxylation is 1. The molecule has 0 saturated heterocycles. The van der Waals surface area contributed by atoms with Crippen LogP contribution in [0, 0.1) is 23.0 Å². The first kappa shape index (κ1) is 13.1. The monoisotopic (exact) mass is 343 g/mol. The van der Waals surface area contributed by atoms with Crippen molar-refractivity contribution in [3.63, 3.8) is 0 Å². The number of fused-ring (bicyclic) bond motifs is 1. The number of rotatable bonds is 1. The third-order valence-electron chi connectivity index (χ3n) is 3.22. The van der Waals surface area contributed by atoms with E-state index >= 15 is 0 Å². The summed E-state index contributed by atoms with van der Waals surface area (Å²) in [5.74, 6) is 0. The number of hydrogen-bond acceptors (Lipinski definition) is 2. The molecule has 0 radical (unpaired) electrons. The molecule has 0 unspecified atom stereocenters. The van der Waals surface area contributed by atoms with Gasteiger partial charge in [-0.15, -0.1) is 0 Å². The molecule has 0 saturated carbocycles. The van der Waals surface area contributed by atoms with Gasteiger partial charge in [-0.1, -0.05) is 22.0 Å². The highest BCUT2D eigenvalue weighted by molar-refractivity contribution is 9.10. The molecule has 0 spiro atoms. The molecule has 0 aliphatic rings. The normalized spacial score (nSPS) is 10.7. The van der Waals surface area contributed by atoms with Crippen molar-refractivity contribution in [1.29, 1.82) is 5.26 Å². The van der Waals surface area contributed by atoms with Gasteiger partial charge in [0.05, 0.1) is 28.4 Å². The lowest BCUT2D eigenvalue weighted by molar-refractivity contribution is 1.05. The number of benzene rings is 2. The minimum Gasteiger partial charge on any atom is -0.330 e. The van der Waals surface area contributed by atoms with Crippen LogP contribution in [0.1, 0.15) is 11.1 Å². The summed E-state index contributed by atoms with van der Waals surface area (Å²) >= 11 is 8.88. The van der Waals surface area contributed by atoms with Gasteiger partial charge in [0.15, 0.2) is 4.77 Å². The molecule has 3 aromatic rings. The van der Waals surface area contributed by atoms with Crippen LogP contribution in [0.4, 0.5) is 0 Å². The number of nitrogens with zero attached hydrogens (tertiary/aromatic N) is 2. The van der Waals surface area contributed by atoms with Gasteiger partial charge in [0.1, 0.15) is 0 Å². The molecule has 98 valence electrons. The van der Waals surface area contributed by atoms with Crippen LogP contribution in [-0.4, -0.2) is 9.55 Å². The topological polar surface area (TPSA) is 44.5 Å². The Balaban J connectivity index is 2.38. The highest BCUT2D eigenvalue weighted by Gasteiger charge is 2.09. The SMILES string of the molecule is Cc1ccc(C#N)cc1-n1c(=S)[nH]c2cc(Br)ccc21. The first-order valence-corrected chi connectivity index (χ1v) is 7.21. The predicted molar refractivity (Wildman–Crippen MR) is 85.6 cm³/mol. The van der Waals surface area contributed by atoms with E-state index in [2.05, 4.69) is 27.0 Å². The summed E-state index contributed by atoms with van der Waals surface area (Å²) in [6.07, 6.45) is 0. The van der Waals surface area contributed by atoms with E-state index in [1.807, 2.05) is 47.9 Å². The number of aromatic nitrogens is 2. The van der Waals surface area contributed by atoms with Gasteiger partial charge in [-0.2, -0.15) is 5.26 Å². The van der Waals surface area contributed by atoms with Crippen LogP contribution in [0.5, 0.6) is 0 Å². The van der Waals surface area contributed by atoms with Crippen molar-refractivity contribution in [2.75, 3.05) is 0 Å². The van der Waals surface area contributed by atoms with Crippen molar-refractivity contribution in [2.45, 2.75) is 6.92 Å². The number of hydrogen-bond donors (Lipinski definition) is 1. The molecule has 0 atom stereocenters. The summed E-state index contributed by atoms with van der Waals surface area (Å²) in [5, 5.41) is 9.07. The highest BCUT2D eigenvalue weighted by Crippen LogP contribution is 2.25. The zero-order valence-electron chi connectivity index (χ0n) is 10.6. The predicted octanol–water partition coefficient (Wildman–Crippen LogP) is 4.63. The minimum atomic E-state index is 0.622. The van der Waals surface area contributed by atoms with Gasteiger partial charge < -0.3 is 4.98 Å². The van der Waals surface area contributed by atoms with Crippen molar-refractivity contribution in [2.24, 2.45) is 0 Å². The van der Waals surface area contributed by atoms with Crippen LogP contribution < -0.4 is 0 Å². The quantitative estimate of drug-likeness (QED) is 0.654. The molecule has 1 N–H and O–H groups in total. The molecule has 5 heteroatoms. The maximum atomic E-state index is 9.07. The number of nitriles is 1. The summed E-state index contributed by atoms with van der Waals surface area (Å²) in [6, 6.07) is 13.8. The summed E-state index contributed by atoms with van der Waals surface area (Å²) in [5.41, 5.74) is 4.59. The van der Waals surface area contributed by atoms with Gasteiger partial charge in [0.2, 0.25) is 0 Å². The van der Waals surface area contributed by atoms with Crippen LogP contribution in [0.2, 0.25) is 0 Å². The van der Waals surface area contributed by atoms with Gasteiger partial charge >= 0.3 is 0 Å². The Morgan fingerprint density at radius 1 is 1.25 bits per heavy atom. The van der Waals surface area contributed by atoms with Crippen molar-refractivity contribution < 1.29 is 0 Å². The van der Waals surface area contributed by atoms with Gasteiger partial charge in [-0.05, 0) is 55.0 Å². The first-order valence-electron chi connectivity index (χ1n) is 6.01. The summed E-state index contributed by atoms with van der Waals surface area (Å²) < 4.78 is 3.58. The van der Waals surface area contributed by atoms with Gasteiger partial charge in [0.25, 0.3) is 0 Å². The number of imidazole rings is 1. The van der Waals surface area contributed by atoms with E-state index in [4.69, 9.17) is 17.5 Å². The third kappa shape index (κ3) is 2.07. The van der Waals surface area contributed by atoms with Crippen LogP contribution in [0.25, 0.3) is 16.7 Å². The van der Waals surface area contributed by atoms with Crippen molar-refractivity contribution in [3.8, 4) is 11.8 Å². The second-order valence-corrected chi connectivity index (χ2v) is 5.84. The highest BCUT2D eigenvalue weighted by atomic mass is 79.9. The Morgan fingerprint density at radius 3 is 2.80 bits per heavy atom. The average molecular weight is 344 g/mol. The Labute approximate surface area is 129 Å². The Kier molecular flexibility index (Phi) is 3.20. The zero-order chi connectivity index (χ0) is 14.3. The molecular formula is C15H10BrN3S. The van der Waals surface area contributed by atoms with Crippen LogP contribution >= 0.6 is 28.1 Å². The van der Waals surface area contributed by atoms with Crippen molar-refractivity contribution in [3.05, 3.63) is 56.8 Å². The molecule has 1 aromatic heterocycles. The fraction of sp³-hybridized carbons (Fsp3) is 0.0667. The standard InChI is InChI=1S/C15H10BrN3S/c1-9-2-3-10(8-17)6-14(9)19-13-5-4-11(16)7-12(13)18-15(19)20/h2-7H,1H3,(H,18,20). The Bertz CT molecular complexity index is 915. The Morgan fingerprint density at radius 2 is 2.05 bits per heavy atom.